The molecule has 1 aromatic carbocycles. The Kier molecular flexibility index (Phi) is 5.26. The van der Waals surface area contributed by atoms with Gasteiger partial charge >= 0.3 is 0 Å². The zero-order valence-corrected chi connectivity index (χ0v) is 12.0. The Morgan fingerprint density at radius 1 is 1.30 bits per heavy atom. The van der Waals surface area contributed by atoms with E-state index < -0.39 is 0 Å². The lowest BCUT2D eigenvalue weighted by Gasteiger charge is -2.12. The minimum Gasteiger partial charge on any atom is -0.325 e. The number of thiophene rings is 1. The third-order valence-electron chi connectivity index (χ3n) is 2.83. The summed E-state index contributed by atoms with van der Waals surface area (Å²) >= 11 is 1.71. The Labute approximate surface area is 121 Å². The molecule has 5 heteroatoms. The molecule has 0 saturated heterocycles. The number of hydrogen-bond acceptors (Lipinski definition) is 3. The fraction of sp³-hybridized carbons (Fsp3) is 0.267. The largest absolute Gasteiger partial charge is 0.325 e. The molecule has 3 nitrogen and oxygen atoms in total. The zero-order chi connectivity index (χ0) is 14.4. The second-order valence-corrected chi connectivity index (χ2v) is 5.65. The summed E-state index contributed by atoms with van der Waals surface area (Å²) in [5, 5.41) is 7.94. The number of halogens is 1. The summed E-state index contributed by atoms with van der Waals surface area (Å²) in [7, 11) is 0. The molecule has 0 spiro atoms. The molecule has 1 aromatic heterocycles. The molecule has 106 valence electrons. The van der Waals surface area contributed by atoms with Gasteiger partial charge in [-0.3, -0.25) is 4.79 Å². The molecule has 0 radical (unpaired) electrons. The third kappa shape index (κ3) is 4.75. The fourth-order valence-electron chi connectivity index (χ4n) is 1.81. The van der Waals surface area contributed by atoms with Gasteiger partial charge < -0.3 is 10.6 Å². The summed E-state index contributed by atoms with van der Waals surface area (Å²) in [4.78, 5) is 13.0. The van der Waals surface area contributed by atoms with E-state index in [1.165, 1.54) is 17.0 Å². The normalized spacial score (nSPS) is 12.1. The van der Waals surface area contributed by atoms with E-state index in [9.17, 15) is 9.18 Å². The average molecular weight is 292 g/mol. The van der Waals surface area contributed by atoms with E-state index in [1.807, 2.05) is 18.4 Å². The number of carbonyl (C=O) groups is 1. The molecule has 0 saturated carbocycles. The molecule has 20 heavy (non-hydrogen) atoms. The van der Waals surface area contributed by atoms with Gasteiger partial charge in [-0.25, -0.2) is 4.39 Å². The maximum atomic E-state index is 12.7. The maximum Gasteiger partial charge on any atom is 0.238 e. The van der Waals surface area contributed by atoms with Crippen molar-refractivity contribution in [3.63, 3.8) is 0 Å². The first kappa shape index (κ1) is 14.7. The number of rotatable bonds is 6. The molecular weight excluding hydrogens is 275 g/mol. The van der Waals surface area contributed by atoms with Crippen LogP contribution in [0.15, 0.2) is 41.8 Å². The first-order valence-corrected chi connectivity index (χ1v) is 7.32. The fourth-order valence-corrected chi connectivity index (χ4v) is 2.64. The predicted octanol–water partition coefficient (Wildman–Crippen LogP) is 3.05. The maximum absolute atomic E-state index is 12.7. The highest BCUT2D eigenvalue weighted by molar-refractivity contribution is 7.09. The minimum absolute atomic E-state index is 0.130. The van der Waals surface area contributed by atoms with Gasteiger partial charge in [0, 0.05) is 16.6 Å². The molecule has 0 aliphatic rings. The molecule has 2 rings (SSSR count). The highest BCUT2D eigenvalue weighted by atomic mass is 32.1. The standard InChI is InChI=1S/C15H17FN2OS/c1-11(9-14-3-2-8-20-14)17-10-15(19)18-13-6-4-12(16)5-7-13/h2-8,11,17H,9-10H2,1H3,(H,18,19). The lowest BCUT2D eigenvalue weighted by atomic mass is 10.2. The van der Waals surface area contributed by atoms with Crippen LogP contribution in [0.3, 0.4) is 0 Å². The number of benzene rings is 1. The van der Waals surface area contributed by atoms with Crippen LogP contribution in [-0.2, 0) is 11.2 Å². The Balaban J connectivity index is 1.73. The van der Waals surface area contributed by atoms with Crippen molar-refractivity contribution in [2.45, 2.75) is 19.4 Å². The van der Waals surface area contributed by atoms with Crippen LogP contribution in [0.2, 0.25) is 0 Å². The van der Waals surface area contributed by atoms with Gasteiger partial charge in [0.25, 0.3) is 0 Å². The summed E-state index contributed by atoms with van der Waals surface area (Å²) < 4.78 is 12.7. The van der Waals surface area contributed by atoms with Gasteiger partial charge in [0.05, 0.1) is 6.54 Å². The van der Waals surface area contributed by atoms with E-state index in [4.69, 9.17) is 0 Å². The van der Waals surface area contributed by atoms with Gasteiger partial charge in [-0.1, -0.05) is 6.07 Å². The van der Waals surface area contributed by atoms with Gasteiger partial charge in [-0.05, 0) is 49.1 Å². The number of hydrogen-bond donors (Lipinski definition) is 2. The molecule has 1 heterocycles. The zero-order valence-electron chi connectivity index (χ0n) is 11.2. The molecule has 1 amide bonds. The molecule has 1 atom stereocenters. The Morgan fingerprint density at radius 3 is 2.70 bits per heavy atom. The molecular formula is C15H17FN2OS. The van der Waals surface area contributed by atoms with E-state index in [0.29, 0.717) is 5.69 Å². The van der Waals surface area contributed by atoms with E-state index >= 15 is 0 Å². The van der Waals surface area contributed by atoms with Crippen LogP contribution >= 0.6 is 11.3 Å². The smallest absolute Gasteiger partial charge is 0.238 e. The van der Waals surface area contributed by atoms with Crippen molar-refractivity contribution in [1.29, 1.82) is 0 Å². The van der Waals surface area contributed by atoms with E-state index in [1.54, 1.807) is 23.5 Å². The molecule has 2 aromatic rings. The van der Waals surface area contributed by atoms with Gasteiger partial charge in [0.1, 0.15) is 5.82 Å². The van der Waals surface area contributed by atoms with Crippen molar-refractivity contribution in [2.75, 3.05) is 11.9 Å². The van der Waals surface area contributed by atoms with E-state index in [-0.39, 0.29) is 24.3 Å². The van der Waals surface area contributed by atoms with E-state index in [2.05, 4.69) is 16.7 Å². The summed E-state index contributed by atoms with van der Waals surface area (Å²) in [6.45, 7) is 2.29. The number of amides is 1. The molecule has 2 N–H and O–H groups in total. The second kappa shape index (κ2) is 7.17. The van der Waals surface area contributed by atoms with Crippen LogP contribution < -0.4 is 10.6 Å². The van der Waals surface area contributed by atoms with Gasteiger partial charge in [-0.2, -0.15) is 0 Å². The lowest BCUT2D eigenvalue weighted by Crippen LogP contribution is -2.35. The van der Waals surface area contributed by atoms with Gasteiger partial charge in [0.15, 0.2) is 0 Å². The Bertz CT molecular complexity index is 540. The van der Waals surface area contributed by atoms with Crippen LogP contribution in [0, 0.1) is 5.82 Å². The van der Waals surface area contributed by atoms with Crippen LogP contribution in [0.1, 0.15) is 11.8 Å². The van der Waals surface area contributed by atoms with Crippen molar-refractivity contribution < 1.29 is 9.18 Å². The first-order valence-electron chi connectivity index (χ1n) is 6.44. The van der Waals surface area contributed by atoms with Crippen molar-refractivity contribution in [3.05, 3.63) is 52.5 Å². The number of nitrogens with one attached hydrogen (secondary N) is 2. The Morgan fingerprint density at radius 2 is 2.05 bits per heavy atom. The predicted molar refractivity (Wildman–Crippen MR) is 80.5 cm³/mol. The van der Waals surface area contributed by atoms with Crippen LogP contribution in [0.5, 0.6) is 0 Å². The quantitative estimate of drug-likeness (QED) is 0.859. The van der Waals surface area contributed by atoms with Crippen molar-refractivity contribution >= 4 is 22.9 Å². The van der Waals surface area contributed by atoms with Crippen molar-refractivity contribution in [2.24, 2.45) is 0 Å². The second-order valence-electron chi connectivity index (χ2n) is 4.62. The lowest BCUT2D eigenvalue weighted by molar-refractivity contribution is -0.115. The summed E-state index contributed by atoms with van der Waals surface area (Å²) in [6, 6.07) is 10.1. The Hall–Kier alpha value is -1.72. The molecule has 0 bridgehead atoms. The highest BCUT2D eigenvalue weighted by Crippen LogP contribution is 2.11. The van der Waals surface area contributed by atoms with Crippen molar-refractivity contribution in [3.8, 4) is 0 Å². The topological polar surface area (TPSA) is 41.1 Å². The summed E-state index contributed by atoms with van der Waals surface area (Å²) in [5.74, 6) is -0.444. The summed E-state index contributed by atoms with van der Waals surface area (Å²) in [6.07, 6.45) is 0.904. The highest BCUT2D eigenvalue weighted by Gasteiger charge is 2.07. The average Bonchev–Trinajstić information content (AvgIpc) is 2.92. The van der Waals surface area contributed by atoms with Gasteiger partial charge in [0.2, 0.25) is 5.91 Å². The molecule has 0 aliphatic carbocycles. The summed E-state index contributed by atoms with van der Waals surface area (Å²) in [5.41, 5.74) is 0.601. The SMILES string of the molecule is CC(Cc1cccs1)NCC(=O)Nc1ccc(F)cc1. The molecule has 0 aliphatic heterocycles. The minimum atomic E-state index is -0.314. The van der Waals surface area contributed by atoms with Crippen LogP contribution in [-0.4, -0.2) is 18.5 Å². The number of anilines is 1. The first-order chi connectivity index (χ1) is 9.63. The monoisotopic (exact) mass is 292 g/mol. The van der Waals surface area contributed by atoms with Crippen LogP contribution in [0.4, 0.5) is 10.1 Å². The van der Waals surface area contributed by atoms with E-state index in [0.717, 1.165) is 6.42 Å². The van der Waals surface area contributed by atoms with Crippen LogP contribution in [0.25, 0.3) is 0 Å². The van der Waals surface area contributed by atoms with Crippen molar-refractivity contribution in [1.82, 2.24) is 5.32 Å². The number of carbonyl (C=O) groups excluding carboxylic acids is 1. The molecule has 1 unspecified atom stereocenters. The van der Waals surface area contributed by atoms with Gasteiger partial charge in [-0.15, -0.1) is 11.3 Å². The third-order valence-corrected chi connectivity index (χ3v) is 3.73. The molecule has 0 fully saturated rings.